The first-order chi connectivity index (χ1) is 15.1. The number of carbonyl (C=O) groups is 1. The highest BCUT2D eigenvalue weighted by atomic mass is 16.7. The Morgan fingerprint density at radius 2 is 1.81 bits per heavy atom. The fourth-order valence-corrected chi connectivity index (χ4v) is 3.97. The maximum Gasteiger partial charge on any atom is 0.229 e. The Bertz CT molecular complexity index is 928. The monoisotopic (exact) mass is 445 g/mol. The molecule has 8 nitrogen and oxygen atoms in total. The van der Waals surface area contributed by atoms with Crippen LogP contribution in [0.5, 0.6) is 11.5 Å². The summed E-state index contributed by atoms with van der Waals surface area (Å²) in [5.41, 5.74) is 1.81. The topological polar surface area (TPSA) is 117 Å². The lowest BCUT2D eigenvalue weighted by molar-refractivity contribution is -0.305. The standard InChI is InChI=1S/C24H31NO7/c1-14(26)25-12-11-16-7-10-18(13-19(16)15-5-8-17(27)9-6-15)31-23-21(29)20(28)22(30-4)24(2,3)32-23/h5-10,13,20-23,27-29H,11-12H2,1-4H3,(H,25,26)/t20-,21+,22+,23+/m0/s1. The molecule has 1 aliphatic rings. The molecule has 1 amide bonds. The summed E-state index contributed by atoms with van der Waals surface area (Å²) in [4.78, 5) is 11.2. The average Bonchev–Trinajstić information content (AvgIpc) is 2.73. The summed E-state index contributed by atoms with van der Waals surface area (Å²) in [6, 6.07) is 12.2. The number of aliphatic hydroxyl groups is 2. The normalized spacial score (nSPS) is 24.7. The molecule has 0 spiro atoms. The minimum absolute atomic E-state index is 0.102. The molecule has 1 saturated heterocycles. The van der Waals surface area contributed by atoms with E-state index in [1.165, 1.54) is 14.0 Å². The molecule has 8 heteroatoms. The van der Waals surface area contributed by atoms with Crippen molar-refractivity contribution < 1.29 is 34.3 Å². The highest BCUT2D eigenvalue weighted by Crippen LogP contribution is 2.34. The molecule has 4 atom stereocenters. The first kappa shape index (κ1) is 24.0. The van der Waals surface area contributed by atoms with Crippen molar-refractivity contribution in [2.75, 3.05) is 13.7 Å². The second kappa shape index (κ2) is 9.87. The number of phenols is 1. The van der Waals surface area contributed by atoms with Gasteiger partial charge in [-0.1, -0.05) is 18.2 Å². The zero-order chi connectivity index (χ0) is 23.5. The van der Waals surface area contributed by atoms with E-state index in [-0.39, 0.29) is 11.7 Å². The highest BCUT2D eigenvalue weighted by Gasteiger charge is 2.50. The van der Waals surface area contributed by atoms with Crippen molar-refractivity contribution in [3.63, 3.8) is 0 Å². The van der Waals surface area contributed by atoms with E-state index in [1.54, 1.807) is 44.2 Å². The van der Waals surface area contributed by atoms with Crippen LogP contribution in [-0.2, 0) is 20.7 Å². The van der Waals surface area contributed by atoms with Crippen LogP contribution in [0.3, 0.4) is 0 Å². The van der Waals surface area contributed by atoms with Gasteiger partial charge in [-0.05, 0) is 61.2 Å². The zero-order valence-electron chi connectivity index (χ0n) is 18.7. The third-order valence-corrected chi connectivity index (χ3v) is 5.58. The molecular formula is C24H31NO7. The summed E-state index contributed by atoms with van der Waals surface area (Å²) in [7, 11) is 1.45. The van der Waals surface area contributed by atoms with Crippen LogP contribution in [0.15, 0.2) is 42.5 Å². The van der Waals surface area contributed by atoms with Crippen LogP contribution >= 0.6 is 0 Å². The van der Waals surface area contributed by atoms with E-state index in [4.69, 9.17) is 14.2 Å². The van der Waals surface area contributed by atoms with E-state index in [0.29, 0.717) is 18.7 Å². The van der Waals surface area contributed by atoms with Crippen LogP contribution in [-0.4, -0.2) is 65.1 Å². The van der Waals surface area contributed by atoms with Crippen LogP contribution < -0.4 is 10.1 Å². The van der Waals surface area contributed by atoms with Crippen molar-refractivity contribution in [1.82, 2.24) is 5.32 Å². The largest absolute Gasteiger partial charge is 0.508 e. The molecule has 2 aromatic carbocycles. The van der Waals surface area contributed by atoms with Gasteiger partial charge >= 0.3 is 0 Å². The smallest absolute Gasteiger partial charge is 0.229 e. The number of benzene rings is 2. The Morgan fingerprint density at radius 1 is 1.12 bits per heavy atom. The van der Waals surface area contributed by atoms with Gasteiger partial charge in [-0.25, -0.2) is 0 Å². The van der Waals surface area contributed by atoms with Crippen molar-refractivity contribution in [2.45, 2.75) is 57.4 Å². The van der Waals surface area contributed by atoms with Gasteiger partial charge in [0, 0.05) is 20.6 Å². The molecule has 4 N–H and O–H groups in total. The van der Waals surface area contributed by atoms with Crippen LogP contribution in [0.2, 0.25) is 0 Å². The number of methoxy groups -OCH3 is 1. The second-order valence-electron chi connectivity index (χ2n) is 8.44. The molecule has 0 aliphatic carbocycles. The molecule has 1 heterocycles. The van der Waals surface area contributed by atoms with E-state index in [0.717, 1.165) is 16.7 Å². The molecule has 2 aromatic rings. The Balaban J connectivity index is 1.88. The van der Waals surface area contributed by atoms with Gasteiger partial charge in [0.15, 0.2) is 0 Å². The number of phenolic OH excluding ortho intramolecular Hbond substituents is 1. The number of amides is 1. The molecular weight excluding hydrogens is 414 g/mol. The summed E-state index contributed by atoms with van der Waals surface area (Å²) >= 11 is 0. The predicted octanol–water partition coefficient (Wildman–Crippen LogP) is 1.99. The number of aromatic hydroxyl groups is 1. The molecule has 1 aliphatic heterocycles. The van der Waals surface area contributed by atoms with Gasteiger partial charge < -0.3 is 34.8 Å². The Labute approximate surface area is 187 Å². The third-order valence-electron chi connectivity index (χ3n) is 5.58. The Kier molecular flexibility index (Phi) is 7.40. The molecule has 1 fully saturated rings. The van der Waals surface area contributed by atoms with Crippen molar-refractivity contribution >= 4 is 5.91 Å². The number of rotatable bonds is 7. The zero-order valence-corrected chi connectivity index (χ0v) is 18.7. The Morgan fingerprint density at radius 3 is 2.44 bits per heavy atom. The Hall–Kier alpha value is -2.65. The first-order valence-electron chi connectivity index (χ1n) is 10.5. The van der Waals surface area contributed by atoms with Gasteiger partial charge in [0.1, 0.15) is 29.8 Å². The van der Waals surface area contributed by atoms with Crippen molar-refractivity contribution in [2.24, 2.45) is 0 Å². The van der Waals surface area contributed by atoms with E-state index >= 15 is 0 Å². The van der Waals surface area contributed by atoms with Crippen LogP contribution in [0.1, 0.15) is 26.3 Å². The summed E-state index contributed by atoms with van der Waals surface area (Å²) in [6.07, 6.45) is -3.68. The fraction of sp³-hybridized carbons (Fsp3) is 0.458. The molecule has 0 aromatic heterocycles. The molecule has 0 bridgehead atoms. The third kappa shape index (κ3) is 5.39. The maximum atomic E-state index is 11.2. The summed E-state index contributed by atoms with van der Waals surface area (Å²) in [5.74, 6) is 0.498. The number of hydrogen-bond donors (Lipinski definition) is 4. The average molecular weight is 446 g/mol. The lowest BCUT2D eigenvalue weighted by Gasteiger charge is -2.46. The van der Waals surface area contributed by atoms with Gasteiger partial charge in [0.2, 0.25) is 12.2 Å². The number of nitrogens with one attached hydrogen (secondary N) is 1. The van der Waals surface area contributed by atoms with Crippen LogP contribution in [0, 0.1) is 0 Å². The van der Waals surface area contributed by atoms with E-state index in [1.807, 2.05) is 12.1 Å². The second-order valence-corrected chi connectivity index (χ2v) is 8.44. The molecule has 32 heavy (non-hydrogen) atoms. The van der Waals surface area contributed by atoms with E-state index < -0.39 is 30.2 Å². The highest BCUT2D eigenvalue weighted by molar-refractivity contribution is 5.73. The van der Waals surface area contributed by atoms with Crippen LogP contribution in [0.4, 0.5) is 0 Å². The lowest BCUT2D eigenvalue weighted by atomic mass is 9.89. The number of hydrogen-bond acceptors (Lipinski definition) is 7. The summed E-state index contributed by atoms with van der Waals surface area (Å²) < 4.78 is 17.2. The van der Waals surface area contributed by atoms with Gasteiger partial charge in [-0.3, -0.25) is 4.79 Å². The van der Waals surface area contributed by atoms with Crippen molar-refractivity contribution in [3.8, 4) is 22.6 Å². The SMILES string of the molecule is CO[C@@H]1[C@@H](O)[C@@H](O)[C@H](Oc2ccc(CCNC(C)=O)c(-c3ccc(O)cc3)c2)OC1(C)C. The van der Waals surface area contributed by atoms with Crippen LogP contribution in [0.25, 0.3) is 11.1 Å². The lowest BCUT2D eigenvalue weighted by Crippen LogP contribution is -2.63. The van der Waals surface area contributed by atoms with E-state index in [2.05, 4.69) is 5.32 Å². The predicted molar refractivity (Wildman–Crippen MR) is 118 cm³/mol. The van der Waals surface area contributed by atoms with Crippen molar-refractivity contribution in [3.05, 3.63) is 48.0 Å². The number of ether oxygens (including phenoxy) is 3. The quantitative estimate of drug-likeness (QED) is 0.515. The van der Waals surface area contributed by atoms with E-state index in [9.17, 15) is 20.1 Å². The fourth-order valence-electron chi connectivity index (χ4n) is 3.97. The van der Waals surface area contributed by atoms with Gasteiger partial charge in [0.05, 0.1) is 5.60 Å². The minimum Gasteiger partial charge on any atom is -0.508 e. The molecule has 3 rings (SSSR count). The van der Waals surface area contributed by atoms with Crippen molar-refractivity contribution in [1.29, 1.82) is 0 Å². The van der Waals surface area contributed by atoms with Gasteiger partial charge in [-0.15, -0.1) is 0 Å². The maximum absolute atomic E-state index is 11.2. The molecule has 174 valence electrons. The van der Waals surface area contributed by atoms with Gasteiger partial charge in [0.25, 0.3) is 0 Å². The summed E-state index contributed by atoms with van der Waals surface area (Å²) in [5, 5.41) is 33.4. The number of carbonyl (C=O) groups excluding carboxylic acids is 1. The molecule has 0 radical (unpaired) electrons. The first-order valence-corrected chi connectivity index (χ1v) is 10.5. The van der Waals surface area contributed by atoms with Gasteiger partial charge in [-0.2, -0.15) is 0 Å². The molecule has 0 saturated carbocycles. The minimum atomic E-state index is -1.30. The molecule has 0 unspecified atom stereocenters. The number of aliphatic hydroxyl groups excluding tert-OH is 2. The summed E-state index contributed by atoms with van der Waals surface area (Å²) in [6.45, 7) is 5.47.